The quantitative estimate of drug-likeness (QED) is 0.519. The minimum absolute atomic E-state index is 0.0781. The molecule has 0 unspecified atom stereocenters. The van der Waals surface area contributed by atoms with Crippen LogP contribution in [0.2, 0.25) is 0 Å². The molecule has 3 rings (SSSR count). The molecule has 0 aliphatic rings. The number of nitrogens with one attached hydrogen (secondary N) is 2. The van der Waals surface area contributed by atoms with Gasteiger partial charge >= 0.3 is 11.8 Å². The molecule has 0 saturated carbocycles. The van der Waals surface area contributed by atoms with Crippen LogP contribution in [0.4, 0.5) is 4.39 Å². The third kappa shape index (κ3) is 5.79. The van der Waals surface area contributed by atoms with Crippen LogP contribution in [-0.2, 0) is 25.8 Å². The molecule has 9 heteroatoms. The van der Waals surface area contributed by atoms with E-state index in [2.05, 4.69) is 10.6 Å². The minimum Gasteiger partial charge on any atom is -0.468 e. The fourth-order valence-electron chi connectivity index (χ4n) is 2.93. The van der Waals surface area contributed by atoms with Crippen LogP contribution in [0.25, 0.3) is 0 Å². The Bertz CT molecular complexity index is 1110. The van der Waals surface area contributed by atoms with Gasteiger partial charge in [-0.3, -0.25) is 9.59 Å². The fourth-order valence-corrected chi connectivity index (χ4v) is 4.54. The van der Waals surface area contributed by atoms with E-state index in [-0.39, 0.29) is 29.6 Å². The molecule has 3 aromatic rings. The zero-order valence-electron chi connectivity index (χ0n) is 16.5. The topological polar surface area (TPSA) is 105 Å². The van der Waals surface area contributed by atoms with Gasteiger partial charge in [-0.15, -0.1) is 0 Å². The molecule has 2 amide bonds. The van der Waals surface area contributed by atoms with Crippen LogP contribution in [0, 0.1) is 5.82 Å². The maximum absolute atomic E-state index is 13.0. The largest absolute Gasteiger partial charge is 0.468 e. The van der Waals surface area contributed by atoms with Crippen molar-refractivity contribution in [3.8, 4) is 0 Å². The molecule has 2 aromatic carbocycles. The number of benzene rings is 2. The lowest BCUT2D eigenvalue weighted by molar-refractivity contribution is -0.139. The third-order valence-corrected chi connectivity index (χ3v) is 6.65. The van der Waals surface area contributed by atoms with Gasteiger partial charge in [-0.2, -0.15) is 0 Å². The molecule has 7 nitrogen and oxygen atoms in total. The maximum Gasteiger partial charge on any atom is 0.309 e. The Morgan fingerprint density at radius 2 is 1.58 bits per heavy atom. The van der Waals surface area contributed by atoms with Crippen LogP contribution in [0.15, 0.2) is 82.3 Å². The van der Waals surface area contributed by atoms with Crippen molar-refractivity contribution >= 4 is 21.7 Å². The summed E-state index contributed by atoms with van der Waals surface area (Å²) in [4.78, 5) is 24.3. The van der Waals surface area contributed by atoms with E-state index in [4.69, 9.17) is 4.42 Å². The Kier molecular flexibility index (Phi) is 7.19. The van der Waals surface area contributed by atoms with E-state index in [0.29, 0.717) is 6.42 Å². The molecule has 1 aromatic heterocycles. The second kappa shape index (κ2) is 10.0. The van der Waals surface area contributed by atoms with Gasteiger partial charge in [0.1, 0.15) is 16.8 Å². The molecule has 0 bridgehead atoms. The SMILES string of the molecule is O=C(NCCc1ccc(F)cc1)C(=O)NC[C@H](c1ccco1)S(=O)(=O)c1ccccc1. The smallest absolute Gasteiger partial charge is 0.309 e. The first-order valence-corrected chi connectivity index (χ1v) is 11.1. The van der Waals surface area contributed by atoms with Crippen molar-refractivity contribution in [3.05, 3.63) is 90.1 Å². The molecular formula is C22H21FN2O5S. The van der Waals surface area contributed by atoms with E-state index >= 15 is 0 Å². The minimum atomic E-state index is -3.87. The van der Waals surface area contributed by atoms with Gasteiger partial charge in [-0.05, 0) is 48.4 Å². The van der Waals surface area contributed by atoms with Gasteiger partial charge < -0.3 is 15.1 Å². The zero-order valence-corrected chi connectivity index (χ0v) is 17.3. The van der Waals surface area contributed by atoms with Crippen LogP contribution < -0.4 is 10.6 Å². The maximum atomic E-state index is 13.0. The van der Waals surface area contributed by atoms with Crippen LogP contribution in [0.3, 0.4) is 0 Å². The summed E-state index contributed by atoms with van der Waals surface area (Å²) in [6.07, 6.45) is 1.75. The molecule has 0 aliphatic carbocycles. The van der Waals surface area contributed by atoms with E-state index in [1.807, 2.05) is 0 Å². The summed E-state index contributed by atoms with van der Waals surface area (Å²) < 4.78 is 44.2. The number of halogens is 1. The highest BCUT2D eigenvalue weighted by atomic mass is 32.2. The lowest BCUT2D eigenvalue weighted by Gasteiger charge is -2.16. The lowest BCUT2D eigenvalue weighted by Crippen LogP contribution is -2.42. The lowest BCUT2D eigenvalue weighted by atomic mass is 10.1. The first-order valence-electron chi connectivity index (χ1n) is 9.51. The highest BCUT2D eigenvalue weighted by Gasteiger charge is 2.32. The number of amides is 2. The molecule has 1 heterocycles. The van der Waals surface area contributed by atoms with Crippen LogP contribution in [0.1, 0.15) is 16.6 Å². The van der Waals surface area contributed by atoms with Crippen molar-refractivity contribution in [1.82, 2.24) is 10.6 Å². The number of carbonyl (C=O) groups excluding carboxylic acids is 2. The predicted molar refractivity (Wildman–Crippen MR) is 111 cm³/mol. The highest BCUT2D eigenvalue weighted by Crippen LogP contribution is 2.28. The van der Waals surface area contributed by atoms with Crippen molar-refractivity contribution in [2.24, 2.45) is 0 Å². The average molecular weight is 444 g/mol. The average Bonchev–Trinajstić information content (AvgIpc) is 3.30. The van der Waals surface area contributed by atoms with E-state index in [9.17, 15) is 22.4 Å². The Hall–Kier alpha value is -3.46. The van der Waals surface area contributed by atoms with Gasteiger partial charge in [0.2, 0.25) is 0 Å². The van der Waals surface area contributed by atoms with Gasteiger partial charge in [0.15, 0.2) is 9.84 Å². The zero-order chi connectivity index (χ0) is 22.3. The van der Waals surface area contributed by atoms with E-state index in [0.717, 1.165) is 5.56 Å². The third-order valence-electron chi connectivity index (χ3n) is 4.57. The fraction of sp³-hybridized carbons (Fsp3) is 0.182. The number of sulfone groups is 1. The summed E-state index contributed by atoms with van der Waals surface area (Å²) in [6.45, 7) is -0.170. The molecule has 1 atom stereocenters. The number of hydrogen-bond donors (Lipinski definition) is 2. The number of furan rings is 1. The molecule has 0 fully saturated rings. The monoisotopic (exact) mass is 444 g/mol. The Morgan fingerprint density at radius 3 is 2.23 bits per heavy atom. The summed E-state index contributed by atoms with van der Waals surface area (Å²) in [5, 5.41) is 3.63. The summed E-state index contributed by atoms with van der Waals surface area (Å²) in [7, 11) is -3.87. The Morgan fingerprint density at radius 1 is 0.903 bits per heavy atom. The molecule has 2 N–H and O–H groups in total. The van der Waals surface area contributed by atoms with Crippen molar-refractivity contribution in [1.29, 1.82) is 0 Å². The van der Waals surface area contributed by atoms with Crippen LogP contribution in [-0.4, -0.2) is 33.3 Å². The summed E-state index contributed by atoms with van der Waals surface area (Å²) in [5.74, 6) is -2.05. The van der Waals surface area contributed by atoms with Crippen molar-refractivity contribution in [3.63, 3.8) is 0 Å². The van der Waals surface area contributed by atoms with Gasteiger partial charge in [0.05, 0.1) is 11.2 Å². The van der Waals surface area contributed by atoms with E-state index in [1.165, 1.54) is 36.6 Å². The van der Waals surface area contributed by atoms with Crippen molar-refractivity contribution in [2.45, 2.75) is 16.6 Å². The van der Waals surface area contributed by atoms with E-state index < -0.39 is 26.9 Å². The first-order chi connectivity index (χ1) is 14.9. The number of hydrogen-bond acceptors (Lipinski definition) is 5. The normalized spacial score (nSPS) is 12.2. The van der Waals surface area contributed by atoms with Crippen molar-refractivity contribution < 1.29 is 26.8 Å². The summed E-state index contributed by atoms with van der Waals surface area (Å²) >= 11 is 0. The molecule has 31 heavy (non-hydrogen) atoms. The Balaban J connectivity index is 1.60. The number of rotatable bonds is 8. The van der Waals surface area contributed by atoms with Gasteiger partial charge in [0, 0.05) is 13.1 Å². The summed E-state index contributed by atoms with van der Waals surface area (Å²) in [5.41, 5.74) is 0.800. The van der Waals surface area contributed by atoms with E-state index in [1.54, 1.807) is 36.4 Å². The molecule has 0 spiro atoms. The molecule has 0 radical (unpaired) electrons. The van der Waals surface area contributed by atoms with Gasteiger partial charge in [0.25, 0.3) is 0 Å². The highest BCUT2D eigenvalue weighted by molar-refractivity contribution is 7.91. The molecule has 0 saturated heterocycles. The van der Waals surface area contributed by atoms with Crippen LogP contribution in [0.5, 0.6) is 0 Å². The standard InChI is InChI=1S/C22H21FN2O5S/c23-17-10-8-16(9-11-17)12-13-24-21(26)22(27)25-15-20(19-7-4-14-30-19)31(28,29)18-5-2-1-3-6-18/h1-11,14,20H,12-13,15H2,(H,24,26)(H,25,27)/t20-/m1/s1. The second-order valence-electron chi connectivity index (χ2n) is 6.70. The Labute approximate surface area is 179 Å². The number of carbonyl (C=O) groups is 2. The molecule has 162 valence electrons. The predicted octanol–water partition coefficient (Wildman–Crippen LogP) is 2.41. The molecule has 0 aliphatic heterocycles. The summed E-state index contributed by atoms with van der Waals surface area (Å²) in [6, 6.07) is 16.6. The second-order valence-corrected chi connectivity index (χ2v) is 8.83. The van der Waals surface area contributed by atoms with Gasteiger partial charge in [-0.25, -0.2) is 12.8 Å². The first kappa shape index (κ1) is 22.2. The molecular weight excluding hydrogens is 423 g/mol. The van der Waals surface area contributed by atoms with Crippen LogP contribution >= 0.6 is 0 Å². The van der Waals surface area contributed by atoms with Gasteiger partial charge in [-0.1, -0.05) is 30.3 Å². The van der Waals surface area contributed by atoms with Crippen molar-refractivity contribution in [2.75, 3.05) is 13.1 Å².